The Balaban J connectivity index is 1.90. The molecule has 0 radical (unpaired) electrons. The number of phenols is 1. The molecule has 0 bridgehead atoms. The van der Waals surface area contributed by atoms with Crippen molar-refractivity contribution < 1.29 is 18.3 Å². The van der Waals surface area contributed by atoms with Crippen LogP contribution in [0.25, 0.3) is 0 Å². The van der Waals surface area contributed by atoms with Crippen molar-refractivity contribution in [3.63, 3.8) is 0 Å². The first-order valence-electron chi connectivity index (χ1n) is 8.38. The maximum absolute atomic E-state index is 12.3. The van der Waals surface area contributed by atoms with Crippen LogP contribution in [0.15, 0.2) is 47.4 Å². The number of sulfonamides is 1. The van der Waals surface area contributed by atoms with Gasteiger partial charge in [0.05, 0.1) is 10.6 Å². The Bertz CT molecular complexity index is 875. The van der Waals surface area contributed by atoms with E-state index in [-0.39, 0.29) is 29.5 Å². The summed E-state index contributed by atoms with van der Waals surface area (Å²) in [5.74, 6) is -0.0900. The molecule has 0 aliphatic carbocycles. The van der Waals surface area contributed by atoms with E-state index < -0.39 is 10.0 Å². The number of hydrogen-bond donors (Lipinski definition) is 3. The highest BCUT2D eigenvalue weighted by molar-refractivity contribution is 7.89. The third kappa shape index (κ3) is 5.31. The van der Waals surface area contributed by atoms with Gasteiger partial charge in [-0.25, -0.2) is 13.1 Å². The van der Waals surface area contributed by atoms with Gasteiger partial charge in [0.1, 0.15) is 5.75 Å². The highest BCUT2D eigenvalue weighted by Crippen LogP contribution is 2.24. The lowest BCUT2D eigenvalue weighted by molar-refractivity contribution is -0.116. The van der Waals surface area contributed by atoms with E-state index in [1.54, 1.807) is 42.5 Å². The molecule has 0 saturated carbocycles. The van der Waals surface area contributed by atoms with E-state index in [1.165, 1.54) is 0 Å². The SMILES string of the molecule is Cc1ccc(NC(=O)CCNS(=O)(=O)c2ccc(C(C)C)cc2)c(O)c1. The van der Waals surface area contributed by atoms with Crippen molar-refractivity contribution in [2.24, 2.45) is 0 Å². The largest absolute Gasteiger partial charge is 0.506 e. The van der Waals surface area contributed by atoms with E-state index in [9.17, 15) is 18.3 Å². The molecule has 0 heterocycles. The molecule has 7 heteroatoms. The predicted molar refractivity (Wildman–Crippen MR) is 102 cm³/mol. The third-order valence-corrected chi connectivity index (χ3v) is 5.41. The number of carbonyl (C=O) groups is 1. The van der Waals surface area contributed by atoms with E-state index in [2.05, 4.69) is 10.0 Å². The molecule has 2 rings (SSSR count). The Morgan fingerprint density at radius 1 is 1.12 bits per heavy atom. The number of carbonyl (C=O) groups excluding carboxylic acids is 1. The Kier molecular flexibility index (Phi) is 6.39. The first-order valence-corrected chi connectivity index (χ1v) is 9.86. The van der Waals surface area contributed by atoms with Crippen molar-refractivity contribution in [2.45, 2.75) is 38.0 Å². The van der Waals surface area contributed by atoms with Crippen LogP contribution in [0.1, 0.15) is 37.3 Å². The zero-order chi connectivity index (χ0) is 19.3. The van der Waals surface area contributed by atoms with Gasteiger partial charge in [-0.1, -0.05) is 32.0 Å². The summed E-state index contributed by atoms with van der Waals surface area (Å²) in [5, 5.41) is 12.3. The number of hydrogen-bond acceptors (Lipinski definition) is 4. The number of amides is 1. The minimum Gasteiger partial charge on any atom is -0.506 e. The van der Waals surface area contributed by atoms with Crippen molar-refractivity contribution in [3.05, 3.63) is 53.6 Å². The molecule has 0 aliphatic heterocycles. The summed E-state index contributed by atoms with van der Waals surface area (Å²) in [6.07, 6.45) is -0.0450. The number of aryl methyl sites for hydroxylation is 1. The molecule has 2 aromatic rings. The molecule has 2 aromatic carbocycles. The van der Waals surface area contributed by atoms with Gasteiger partial charge in [0, 0.05) is 13.0 Å². The molecule has 1 amide bonds. The lowest BCUT2D eigenvalue weighted by Gasteiger charge is -2.10. The Labute approximate surface area is 154 Å². The summed E-state index contributed by atoms with van der Waals surface area (Å²) in [6.45, 7) is 5.86. The minimum atomic E-state index is -3.66. The molecular weight excluding hydrogens is 352 g/mol. The number of rotatable bonds is 7. The number of aromatic hydroxyl groups is 1. The van der Waals surface area contributed by atoms with Crippen molar-refractivity contribution in [1.29, 1.82) is 0 Å². The smallest absolute Gasteiger partial charge is 0.240 e. The second kappa shape index (κ2) is 8.33. The van der Waals surface area contributed by atoms with Crippen LogP contribution in [0.3, 0.4) is 0 Å². The average molecular weight is 376 g/mol. The van der Waals surface area contributed by atoms with Crippen LogP contribution in [0.5, 0.6) is 5.75 Å². The van der Waals surface area contributed by atoms with Gasteiger partial charge in [0.25, 0.3) is 0 Å². The van der Waals surface area contributed by atoms with Gasteiger partial charge >= 0.3 is 0 Å². The molecule has 3 N–H and O–H groups in total. The Morgan fingerprint density at radius 3 is 2.35 bits per heavy atom. The molecule has 0 saturated heterocycles. The zero-order valence-electron chi connectivity index (χ0n) is 15.1. The summed E-state index contributed by atoms with van der Waals surface area (Å²) in [4.78, 5) is 12.1. The van der Waals surface area contributed by atoms with E-state index in [0.717, 1.165) is 11.1 Å². The highest BCUT2D eigenvalue weighted by atomic mass is 32.2. The summed E-state index contributed by atoms with van der Waals surface area (Å²) < 4.78 is 26.9. The van der Waals surface area contributed by atoms with Crippen LogP contribution in [-0.4, -0.2) is 26.0 Å². The van der Waals surface area contributed by atoms with Crippen molar-refractivity contribution in [3.8, 4) is 5.75 Å². The second-order valence-electron chi connectivity index (χ2n) is 6.44. The zero-order valence-corrected chi connectivity index (χ0v) is 15.9. The van der Waals surface area contributed by atoms with Crippen LogP contribution in [-0.2, 0) is 14.8 Å². The van der Waals surface area contributed by atoms with Crippen LogP contribution in [0.4, 0.5) is 5.69 Å². The minimum absolute atomic E-state index is 0.0239. The van der Waals surface area contributed by atoms with E-state index >= 15 is 0 Å². The molecule has 26 heavy (non-hydrogen) atoms. The van der Waals surface area contributed by atoms with Crippen LogP contribution in [0.2, 0.25) is 0 Å². The van der Waals surface area contributed by atoms with Crippen LogP contribution in [0, 0.1) is 6.92 Å². The lowest BCUT2D eigenvalue weighted by atomic mass is 10.0. The lowest BCUT2D eigenvalue weighted by Crippen LogP contribution is -2.27. The van der Waals surface area contributed by atoms with E-state index in [1.807, 2.05) is 20.8 Å². The van der Waals surface area contributed by atoms with E-state index in [4.69, 9.17) is 0 Å². The number of benzene rings is 2. The summed E-state index contributed by atoms with van der Waals surface area (Å²) >= 11 is 0. The topological polar surface area (TPSA) is 95.5 Å². The summed E-state index contributed by atoms with van der Waals surface area (Å²) in [6, 6.07) is 11.6. The van der Waals surface area contributed by atoms with Crippen LogP contribution < -0.4 is 10.0 Å². The van der Waals surface area contributed by atoms with Gasteiger partial charge in [-0.15, -0.1) is 0 Å². The fraction of sp³-hybridized carbons (Fsp3) is 0.316. The molecular formula is C19H24N2O4S. The molecule has 0 spiro atoms. The van der Waals surface area contributed by atoms with Crippen molar-refractivity contribution >= 4 is 21.6 Å². The predicted octanol–water partition coefficient (Wildman–Crippen LogP) is 3.13. The monoisotopic (exact) mass is 376 g/mol. The molecule has 0 aromatic heterocycles. The third-order valence-electron chi connectivity index (χ3n) is 3.93. The van der Waals surface area contributed by atoms with Gasteiger partial charge in [0.15, 0.2) is 0 Å². The van der Waals surface area contributed by atoms with Crippen molar-refractivity contribution in [1.82, 2.24) is 4.72 Å². The second-order valence-corrected chi connectivity index (χ2v) is 8.21. The standard InChI is InChI=1S/C19H24N2O4S/c1-13(2)15-5-7-16(8-6-15)26(24,25)20-11-10-19(23)21-17-9-4-14(3)12-18(17)22/h4-9,12-13,20,22H,10-11H2,1-3H3,(H,21,23). The van der Waals surface area contributed by atoms with Gasteiger partial charge in [-0.2, -0.15) is 0 Å². The molecule has 6 nitrogen and oxygen atoms in total. The van der Waals surface area contributed by atoms with Crippen molar-refractivity contribution in [2.75, 3.05) is 11.9 Å². The van der Waals surface area contributed by atoms with Crippen LogP contribution >= 0.6 is 0 Å². The molecule has 140 valence electrons. The molecule has 0 atom stereocenters. The number of nitrogens with one attached hydrogen (secondary N) is 2. The fourth-order valence-corrected chi connectivity index (χ4v) is 3.41. The van der Waals surface area contributed by atoms with Gasteiger partial charge in [-0.05, 0) is 48.2 Å². The van der Waals surface area contributed by atoms with Gasteiger partial charge < -0.3 is 10.4 Å². The molecule has 0 fully saturated rings. The average Bonchev–Trinajstić information content (AvgIpc) is 2.57. The summed E-state index contributed by atoms with van der Waals surface area (Å²) in [7, 11) is -3.66. The maximum Gasteiger partial charge on any atom is 0.240 e. The first kappa shape index (κ1) is 19.9. The quantitative estimate of drug-likeness (QED) is 0.647. The number of anilines is 1. The molecule has 0 unspecified atom stereocenters. The maximum atomic E-state index is 12.3. The Hall–Kier alpha value is -2.38. The first-order chi connectivity index (χ1) is 12.2. The van der Waals surface area contributed by atoms with Gasteiger partial charge in [-0.3, -0.25) is 4.79 Å². The fourth-order valence-electron chi connectivity index (χ4n) is 2.37. The normalized spacial score (nSPS) is 11.5. The Morgan fingerprint density at radius 2 is 1.77 bits per heavy atom. The molecule has 0 aliphatic rings. The summed E-state index contributed by atoms with van der Waals surface area (Å²) in [5.41, 5.74) is 2.23. The number of phenolic OH excluding ortho intramolecular Hbond substituents is 1. The van der Waals surface area contributed by atoms with E-state index in [0.29, 0.717) is 11.6 Å². The highest BCUT2D eigenvalue weighted by Gasteiger charge is 2.15. The van der Waals surface area contributed by atoms with Gasteiger partial charge in [0.2, 0.25) is 15.9 Å².